The molecule has 0 aliphatic rings. The molecule has 0 spiro atoms. The summed E-state index contributed by atoms with van der Waals surface area (Å²) in [5.41, 5.74) is -1.86. The number of amides is 1. The zero-order valence-corrected chi connectivity index (χ0v) is 12.2. The Balaban J connectivity index is 2.87. The zero-order valence-electron chi connectivity index (χ0n) is 12.2. The monoisotopic (exact) mass is 281 g/mol. The number of rotatable bonds is 5. The van der Waals surface area contributed by atoms with Crippen molar-refractivity contribution in [2.45, 2.75) is 33.1 Å². The highest BCUT2D eigenvalue weighted by molar-refractivity contribution is 5.88. The number of hydrogen-bond donors (Lipinski definition) is 2. The lowest BCUT2D eigenvalue weighted by Gasteiger charge is -2.27. The Kier molecular flexibility index (Phi) is 4.53. The summed E-state index contributed by atoms with van der Waals surface area (Å²) in [6.07, 6.45) is 0. The van der Waals surface area contributed by atoms with Crippen LogP contribution in [0.5, 0.6) is 0 Å². The molecule has 2 N–H and O–H groups in total. The van der Waals surface area contributed by atoms with Gasteiger partial charge in [-0.15, -0.1) is 0 Å². The van der Waals surface area contributed by atoms with Crippen molar-refractivity contribution < 1.29 is 19.1 Å². The fourth-order valence-corrected chi connectivity index (χ4v) is 1.69. The molecule has 4 nitrogen and oxygen atoms in total. The second kappa shape index (κ2) is 5.61. The van der Waals surface area contributed by atoms with Gasteiger partial charge in [0.15, 0.2) is 0 Å². The van der Waals surface area contributed by atoms with Crippen molar-refractivity contribution in [2.24, 2.45) is 5.41 Å². The van der Waals surface area contributed by atoms with Gasteiger partial charge in [-0.25, -0.2) is 4.39 Å². The molecule has 0 aromatic heterocycles. The van der Waals surface area contributed by atoms with Crippen LogP contribution < -0.4 is 5.32 Å². The van der Waals surface area contributed by atoms with Crippen LogP contribution in [0.15, 0.2) is 24.3 Å². The van der Waals surface area contributed by atoms with Gasteiger partial charge in [0.25, 0.3) is 0 Å². The fourth-order valence-electron chi connectivity index (χ4n) is 1.69. The molecule has 0 saturated heterocycles. The van der Waals surface area contributed by atoms with Crippen LogP contribution in [0, 0.1) is 11.2 Å². The molecule has 5 heteroatoms. The normalized spacial score (nSPS) is 12.1. The SMILES string of the molecule is CC(C)(CNC(=O)C(C)(C)c1ccccc1F)C(=O)O. The van der Waals surface area contributed by atoms with Gasteiger partial charge in [-0.2, -0.15) is 0 Å². The number of carboxylic acid groups (broad SMARTS) is 1. The van der Waals surface area contributed by atoms with Crippen LogP contribution in [0.25, 0.3) is 0 Å². The maximum atomic E-state index is 13.8. The molecule has 0 fully saturated rings. The minimum absolute atomic E-state index is 0.0148. The number of nitrogens with one attached hydrogen (secondary N) is 1. The number of benzene rings is 1. The molecule has 1 aromatic rings. The molecule has 0 aliphatic heterocycles. The molecule has 0 unspecified atom stereocenters. The van der Waals surface area contributed by atoms with Gasteiger partial charge < -0.3 is 10.4 Å². The van der Waals surface area contributed by atoms with Gasteiger partial charge in [0.05, 0.1) is 10.8 Å². The molecular weight excluding hydrogens is 261 g/mol. The van der Waals surface area contributed by atoms with Crippen molar-refractivity contribution in [2.75, 3.05) is 6.54 Å². The van der Waals surface area contributed by atoms with Gasteiger partial charge in [-0.05, 0) is 33.8 Å². The molecule has 0 saturated carbocycles. The van der Waals surface area contributed by atoms with Gasteiger partial charge in [0.2, 0.25) is 5.91 Å². The summed E-state index contributed by atoms with van der Waals surface area (Å²) < 4.78 is 13.8. The molecule has 1 amide bonds. The van der Waals surface area contributed by atoms with Crippen LogP contribution in [0.3, 0.4) is 0 Å². The van der Waals surface area contributed by atoms with E-state index in [-0.39, 0.29) is 12.1 Å². The smallest absolute Gasteiger partial charge is 0.310 e. The average molecular weight is 281 g/mol. The lowest BCUT2D eigenvalue weighted by atomic mass is 9.82. The fraction of sp³-hybridized carbons (Fsp3) is 0.467. The minimum Gasteiger partial charge on any atom is -0.481 e. The van der Waals surface area contributed by atoms with Crippen molar-refractivity contribution in [3.8, 4) is 0 Å². The van der Waals surface area contributed by atoms with Crippen LogP contribution in [0.2, 0.25) is 0 Å². The molecule has 0 bridgehead atoms. The molecule has 1 rings (SSSR count). The van der Waals surface area contributed by atoms with E-state index >= 15 is 0 Å². The van der Waals surface area contributed by atoms with E-state index < -0.39 is 28.5 Å². The van der Waals surface area contributed by atoms with E-state index in [0.717, 1.165) is 0 Å². The highest BCUT2D eigenvalue weighted by atomic mass is 19.1. The van der Waals surface area contributed by atoms with Crippen molar-refractivity contribution in [1.82, 2.24) is 5.32 Å². The third kappa shape index (κ3) is 3.35. The number of carbonyl (C=O) groups excluding carboxylic acids is 1. The van der Waals surface area contributed by atoms with Crippen molar-refractivity contribution in [1.29, 1.82) is 0 Å². The average Bonchev–Trinajstić information content (AvgIpc) is 2.36. The Labute approximate surface area is 118 Å². The van der Waals surface area contributed by atoms with Crippen LogP contribution in [-0.2, 0) is 15.0 Å². The first-order valence-electron chi connectivity index (χ1n) is 6.36. The third-order valence-corrected chi connectivity index (χ3v) is 3.38. The van der Waals surface area contributed by atoms with Gasteiger partial charge in [0.1, 0.15) is 5.82 Å². The third-order valence-electron chi connectivity index (χ3n) is 3.38. The number of aliphatic carboxylic acids is 1. The van der Waals surface area contributed by atoms with Gasteiger partial charge in [-0.3, -0.25) is 9.59 Å². The van der Waals surface area contributed by atoms with Crippen molar-refractivity contribution in [3.63, 3.8) is 0 Å². The number of carbonyl (C=O) groups is 2. The quantitative estimate of drug-likeness (QED) is 0.870. The number of hydrogen-bond acceptors (Lipinski definition) is 2. The zero-order chi connectivity index (χ0) is 15.6. The second-order valence-electron chi connectivity index (χ2n) is 5.98. The van der Waals surface area contributed by atoms with Gasteiger partial charge in [-0.1, -0.05) is 18.2 Å². The Morgan fingerprint density at radius 3 is 2.25 bits per heavy atom. The molecule has 0 radical (unpaired) electrons. The standard InChI is InChI=1S/C15H20FNO3/c1-14(2,13(19)20)9-17-12(18)15(3,4)10-7-5-6-8-11(10)16/h5-8H,9H2,1-4H3,(H,17,18)(H,19,20). The number of carboxylic acids is 1. The molecule has 0 aliphatic carbocycles. The summed E-state index contributed by atoms with van der Waals surface area (Å²) in [5.74, 6) is -1.86. The highest BCUT2D eigenvalue weighted by Crippen LogP contribution is 2.26. The summed E-state index contributed by atoms with van der Waals surface area (Å²) in [6.45, 7) is 6.24. The van der Waals surface area contributed by atoms with Crippen molar-refractivity contribution in [3.05, 3.63) is 35.6 Å². The van der Waals surface area contributed by atoms with Crippen LogP contribution in [0.1, 0.15) is 33.3 Å². The lowest BCUT2D eigenvalue weighted by Crippen LogP contribution is -2.46. The summed E-state index contributed by atoms with van der Waals surface area (Å²) >= 11 is 0. The van der Waals surface area contributed by atoms with Crippen molar-refractivity contribution >= 4 is 11.9 Å². The van der Waals surface area contributed by atoms with Crippen LogP contribution in [0.4, 0.5) is 4.39 Å². The Bertz CT molecular complexity index is 524. The Hall–Kier alpha value is -1.91. The Morgan fingerprint density at radius 1 is 1.20 bits per heavy atom. The first-order valence-corrected chi connectivity index (χ1v) is 6.36. The van der Waals surface area contributed by atoms with E-state index in [4.69, 9.17) is 5.11 Å². The largest absolute Gasteiger partial charge is 0.481 e. The topological polar surface area (TPSA) is 66.4 Å². The lowest BCUT2D eigenvalue weighted by molar-refractivity contribution is -0.147. The molecule has 0 atom stereocenters. The second-order valence-corrected chi connectivity index (χ2v) is 5.98. The van der Waals surface area contributed by atoms with E-state index in [1.807, 2.05) is 0 Å². The van der Waals surface area contributed by atoms with E-state index in [1.165, 1.54) is 19.9 Å². The molecule has 110 valence electrons. The van der Waals surface area contributed by atoms with E-state index in [0.29, 0.717) is 0 Å². The first-order chi connectivity index (χ1) is 9.09. The van der Waals surface area contributed by atoms with Crippen LogP contribution in [-0.4, -0.2) is 23.5 Å². The maximum Gasteiger partial charge on any atom is 0.310 e. The van der Waals surface area contributed by atoms with Gasteiger partial charge >= 0.3 is 5.97 Å². The predicted octanol–water partition coefficient (Wildman–Crippen LogP) is 2.33. The van der Waals surface area contributed by atoms with Crippen LogP contribution >= 0.6 is 0 Å². The molecule has 0 heterocycles. The molecule has 20 heavy (non-hydrogen) atoms. The highest BCUT2D eigenvalue weighted by Gasteiger charge is 2.34. The summed E-state index contributed by atoms with van der Waals surface area (Å²) in [6, 6.07) is 6.07. The molecule has 1 aromatic carbocycles. The summed E-state index contributed by atoms with van der Waals surface area (Å²) in [7, 11) is 0. The molecular formula is C15H20FNO3. The maximum absolute atomic E-state index is 13.8. The van der Waals surface area contributed by atoms with E-state index in [1.54, 1.807) is 32.0 Å². The predicted molar refractivity (Wildman–Crippen MR) is 73.9 cm³/mol. The number of halogens is 1. The first kappa shape index (κ1) is 16.1. The van der Waals surface area contributed by atoms with E-state index in [9.17, 15) is 14.0 Å². The minimum atomic E-state index is -1.07. The van der Waals surface area contributed by atoms with Gasteiger partial charge in [0, 0.05) is 12.1 Å². The summed E-state index contributed by atoms with van der Waals surface area (Å²) in [5, 5.41) is 11.6. The summed E-state index contributed by atoms with van der Waals surface area (Å²) in [4.78, 5) is 23.2. The Morgan fingerprint density at radius 2 is 1.75 bits per heavy atom. The van der Waals surface area contributed by atoms with E-state index in [2.05, 4.69) is 5.32 Å².